The highest BCUT2D eigenvalue weighted by Gasteiger charge is 2.16. The number of nitrogens with zero attached hydrogens (tertiary/aromatic N) is 3. The van der Waals surface area contributed by atoms with Gasteiger partial charge in [0.1, 0.15) is 0 Å². The molecule has 0 aliphatic heterocycles. The maximum atomic E-state index is 12.4. The van der Waals surface area contributed by atoms with Crippen LogP contribution >= 0.6 is 23.1 Å². The van der Waals surface area contributed by atoms with Gasteiger partial charge in [0, 0.05) is 23.8 Å². The number of rotatable bonds is 7. The minimum atomic E-state index is -0.105. The standard InChI is InChI=1S/C20H24N4O2S2/c1-13-5-7-16(8-6-13)22-18(25)11-27-12-19(26)23(4)10-17-15(3)21-20-24(17)9-14(2)28-20/h5-9H,10-12H2,1-4H3,(H,22,25). The topological polar surface area (TPSA) is 66.7 Å². The number of amides is 2. The van der Waals surface area contributed by atoms with Crippen molar-refractivity contribution in [2.45, 2.75) is 27.3 Å². The third kappa shape index (κ3) is 4.94. The number of thioether (sulfide) groups is 1. The van der Waals surface area contributed by atoms with Crippen molar-refractivity contribution in [1.82, 2.24) is 14.3 Å². The van der Waals surface area contributed by atoms with Crippen molar-refractivity contribution in [3.8, 4) is 0 Å². The molecule has 2 amide bonds. The summed E-state index contributed by atoms with van der Waals surface area (Å²) in [5, 5.41) is 2.84. The number of nitrogens with one attached hydrogen (secondary N) is 1. The van der Waals surface area contributed by atoms with Crippen molar-refractivity contribution >= 4 is 45.6 Å². The lowest BCUT2D eigenvalue weighted by molar-refractivity contribution is -0.127. The van der Waals surface area contributed by atoms with E-state index in [0.29, 0.717) is 6.54 Å². The lowest BCUT2D eigenvalue weighted by Gasteiger charge is -2.17. The van der Waals surface area contributed by atoms with Gasteiger partial charge in [0.2, 0.25) is 11.8 Å². The zero-order valence-electron chi connectivity index (χ0n) is 16.5. The van der Waals surface area contributed by atoms with Gasteiger partial charge in [-0.1, -0.05) is 17.7 Å². The fourth-order valence-electron chi connectivity index (χ4n) is 2.79. The van der Waals surface area contributed by atoms with E-state index in [1.807, 2.05) is 45.0 Å². The first-order valence-electron chi connectivity index (χ1n) is 8.95. The van der Waals surface area contributed by atoms with Crippen molar-refractivity contribution < 1.29 is 9.59 Å². The van der Waals surface area contributed by atoms with Crippen LogP contribution in [0.5, 0.6) is 0 Å². The summed E-state index contributed by atoms with van der Waals surface area (Å²) in [6.07, 6.45) is 2.05. The summed E-state index contributed by atoms with van der Waals surface area (Å²) in [5.74, 6) is 0.398. The Hall–Kier alpha value is -2.32. The molecule has 0 unspecified atom stereocenters. The molecule has 3 rings (SSSR count). The lowest BCUT2D eigenvalue weighted by atomic mass is 10.2. The Bertz CT molecular complexity index is 992. The molecule has 0 aliphatic carbocycles. The molecular formula is C20H24N4O2S2. The van der Waals surface area contributed by atoms with Gasteiger partial charge in [0.25, 0.3) is 0 Å². The summed E-state index contributed by atoms with van der Waals surface area (Å²) in [6, 6.07) is 7.65. The van der Waals surface area contributed by atoms with Gasteiger partial charge in [0.15, 0.2) is 4.96 Å². The fourth-order valence-corrected chi connectivity index (χ4v) is 4.43. The lowest BCUT2D eigenvalue weighted by Crippen LogP contribution is -2.29. The molecule has 2 heterocycles. The highest BCUT2D eigenvalue weighted by atomic mass is 32.2. The van der Waals surface area contributed by atoms with Crippen molar-refractivity contribution in [3.05, 3.63) is 52.3 Å². The quantitative estimate of drug-likeness (QED) is 0.638. The predicted molar refractivity (Wildman–Crippen MR) is 116 cm³/mol. The molecule has 0 saturated heterocycles. The molecule has 0 atom stereocenters. The van der Waals surface area contributed by atoms with Gasteiger partial charge in [-0.05, 0) is 32.9 Å². The largest absolute Gasteiger partial charge is 0.339 e. The Morgan fingerprint density at radius 2 is 1.89 bits per heavy atom. The number of carbonyl (C=O) groups is 2. The number of benzene rings is 1. The molecule has 0 fully saturated rings. The van der Waals surface area contributed by atoms with Crippen LogP contribution in [-0.2, 0) is 16.1 Å². The van der Waals surface area contributed by atoms with E-state index in [4.69, 9.17) is 0 Å². The van der Waals surface area contributed by atoms with Crippen LogP contribution in [0.4, 0.5) is 5.69 Å². The Kier molecular flexibility index (Phi) is 6.41. The minimum absolute atomic E-state index is 0.00515. The van der Waals surface area contributed by atoms with E-state index in [9.17, 15) is 9.59 Å². The Morgan fingerprint density at radius 1 is 1.18 bits per heavy atom. The molecule has 2 aromatic heterocycles. The molecule has 0 aliphatic rings. The molecule has 1 aromatic carbocycles. The molecule has 148 valence electrons. The molecule has 8 heteroatoms. The number of aryl methyl sites for hydroxylation is 3. The van der Waals surface area contributed by atoms with Gasteiger partial charge in [-0.2, -0.15) is 0 Å². The van der Waals surface area contributed by atoms with Crippen LogP contribution in [0.25, 0.3) is 4.96 Å². The number of imidazole rings is 1. The molecule has 3 aromatic rings. The smallest absolute Gasteiger partial charge is 0.234 e. The summed E-state index contributed by atoms with van der Waals surface area (Å²) in [7, 11) is 1.79. The van der Waals surface area contributed by atoms with E-state index in [-0.39, 0.29) is 23.3 Å². The number of fused-ring (bicyclic) bond motifs is 1. The van der Waals surface area contributed by atoms with Crippen LogP contribution < -0.4 is 5.32 Å². The van der Waals surface area contributed by atoms with E-state index in [2.05, 4.69) is 20.9 Å². The van der Waals surface area contributed by atoms with Gasteiger partial charge < -0.3 is 10.2 Å². The number of anilines is 1. The number of hydrogen-bond donors (Lipinski definition) is 1. The summed E-state index contributed by atoms with van der Waals surface area (Å²) >= 11 is 2.96. The summed E-state index contributed by atoms with van der Waals surface area (Å²) in [5.41, 5.74) is 3.88. The second-order valence-electron chi connectivity index (χ2n) is 6.80. The number of thiazole rings is 1. The van der Waals surface area contributed by atoms with Crippen molar-refractivity contribution in [2.24, 2.45) is 0 Å². The maximum Gasteiger partial charge on any atom is 0.234 e. The van der Waals surface area contributed by atoms with Crippen LogP contribution in [0.3, 0.4) is 0 Å². The predicted octanol–water partition coefficient (Wildman–Crippen LogP) is 3.65. The van der Waals surface area contributed by atoms with Gasteiger partial charge in [-0.25, -0.2) is 4.98 Å². The van der Waals surface area contributed by atoms with Crippen LogP contribution in [-0.4, -0.2) is 44.7 Å². The summed E-state index contributed by atoms with van der Waals surface area (Å²) < 4.78 is 2.06. The third-order valence-corrected chi connectivity index (χ3v) is 6.16. The summed E-state index contributed by atoms with van der Waals surface area (Å²) in [4.78, 5) is 32.9. The van der Waals surface area contributed by atoms with E-state index in [1.54, 1.807) is 23.3 Å². The minimum Gasteiger partial charge on any atom is -0.339 e. The molecule has 0 spiro atoms. The Morgan fingerprint density at radius 3 is 2.61 bits per heavy atom. The van der Waals surface area contributed by atoms with Crippen LogP contribution in [0.1, 0.15) is 21.8 Å². The van der Waals surface area contributed by atoms with Gasteiger partial charge in [-0.15, -0.1) is 23.1 Å². The normalized spacial score (nSPS) is 11.0. The summed E-state index contributed by atoms with van der Waals surface area (Å²) in [6.45, 7) is 6.51. The Balaban J connectivity index is 1.48. The van der Waals surface area contributed by atoms with E-state index >= 15 is 0 Å². The first-order chi connectivity index (χ1) is 13.3. The molecule has 0 radical (unpaired) electrons. The first kappa shape index (κ1) is 20.4. The van der Waals surface area contributed by atoms with Gasteiger partial charge in [-0.3, -0.25) is 14.0 Å². The van der Waals surface area contributed by atoms with E-state index in [0.717, 1.165) is 27.6 Å². The molecule has 6 nitrogen and oxygen atoms in total. The van der Waals surface area contributed by atoms with E-state index < -0.39 is 0 Å². The van der Waals surface area contributed by atoms with Crippen molar-refractivity contribution in [3.63, 3.8) is 0 Å². The molecule has 28 heavy (non-hydrogen) atoms. The van der Waals surface area contributed by atoms with Crippen molar-refractivity contribution in [1.29, 1.82) is 0 Å². The van der Waals surface area contributed by atoms with E-state index in [1.165, 1.54) is 16.6 Å². The van der Waals surface area contributed by atoms with Crippen LogP contribution in [0, 0.1) is 20.8 Å². The average Bonchev–Trinajstić information content (AvgIpc) is 3.13. The zero-order chi connectivity index (χ0) is 20.3. The maximum absolute atomic E-state index is 12.4. The molecule has 1 N–H and O–H groups in total. The molecule has 0 bridgehead atoms. The first-order valence-corrected chi connectivity index (χ1v) is 10.9. The van der Waals surface area contributed by atoms with Crippen LogP contribution in [0.15, 0.2) is 30.5 Å². The monoisotopic (exact) mass is 416 g/mol. The van der Waals surface area contributed by atoms with Crippen molar-refractivity contribution in [2.75, 3.05) is 23.9 Å². The fraction of sp³-hybridized carbons (Fsp3) is 0.350. The third-order valence-electron chi connectivity index (χ3n) is 4.35. The molecule has 0 saturated carbocycles. The van der Waals surface area contributed by atoms with Crippen LogP contribution in [0.2, 0.25) is 0 Å². The SMILES string of the molecule is Cc1ccc(NC(=O)CSCC(=O)N(C)Cc2c(C)nc3sc(C)cn23)cc1. The highest BCUT2D eigenvalue weighted by Crippen LogP contribution is 2.21. The average molecular weight is 417 g/mol. The Labute approximate surface area is 173 Å². The molecular weight excluding hydrogens is 392 g/mol. The second-order valence-corrected chi connectivity index (χ2v) is 8.99. The highest BCUT2D eigenvalue weighted by molar-refractivity contribution is 8.00. The van der Waals surface area contributed by atoms with Gasteiger partial charge >= 0.3 is 0 Å². The number of hydrogen-bond acceptors (Lipinski definition) is 5. The zero-order valence-corrected chi connectivity index (χ0v) is 18.1. The number of carbonyl (C=O) groups excluding carboxylic acids is 2. The second kappa shape index (κ2) is 8.79. The van der Waals surface area contributed by atoms with Gasteiger partial charge in [0.05, 0.1) is 29.4 Å². The number of aromatic nitrogens is 2.